The first-order valence-electron chi connectivity index (χ1n) is 1.68. The fourth-order valence-corrected chi connectivity index (χ4v) is 0. The second-order valence-corrected chi connectivity index (χ2v) is 6.50. The minimum absolute atomic E-state index is 0.105. The quantitative estimate of drug-likeness (QED) is 0.504. The molecule has 0 radical (unpaired) electrons. The van der Waals surface area contributed by atoms with Crippen molar-refractivity contribution in [1.29, 1.82) is 2.56 Å². The van der Waals surface area contributed by atoms with Gasteiger partial charge in [0.15, 0.2) is 0 Å². The highest BCUT2D eigenvalue weighted by molar-refractivity contribution is 8.54. The zero-order chi connectivity index (χ0) is 4.99. The molecule has 0 nitrogen and oxygen atoms in total. The summed E-state index contributed by atoms with van der Waals surface area (Å²) in [4.78, 5) is 0. The molecule has 4 atom stereocenters. The molecule has 0 fully saturated rings. The van der Waals surface area contributed by atoms with E-state index in [1.54, 1.807) is 0 Å². The second kappa shape index (κ2) is 4.72. The van der Waals surface area contributed by atoms with Gasteiger partial charge >= 0.3 is 0 Å². The molecule has 0 saturated carbocycles. The highest BCUT2D eigenvalue weighted by Gasteiger charge is 1.53. The lowest BCUT2D eigenvalue weighted by molar-refractivity contribution is 5.30. The van der Waals surface area contributed by atoms with Crippen LogP contribution in [-0.4, -0.2) is 2.56 Å². The van der Waals surface area contributed by atoms with E-state index >= 15 is 0 Å². The second-order valence-electron chi connectivity index (χ2n) is 0.241. The molecule has 0 heterocycles. The lowest BCUT2D eigenvalue weighted by Gasteiger charge is -1.70. The normalized spacial score (nSPS) is 28.2. The Kier molecular flexibility index (Phi) is 3.33. The molecule has 26 valence electrons. The van der Waals surface area contributed by atoms with Gasteiger partial charge in [0.05, 0.1) is 2.56 Å². The molecule has 0 rings (SSSR count). The Labute approximate surface area is 37.1 Å². The van der Waals surface area contributed by atoms with Crippen LogP contribution in [-0.2, 0) is 0 Å². The smallest absolute Gasteiger partial charge is 0.0671 e. The van der Waals surface area contributed by atoms with Crippen LogP contribution in [0, 0.1) is 0 Å². The summed E-state index contributed by atoms with van der Waals surface area (Å²) in [5.74, 6) is 0. The van der Waals surface area contributed by atoms with Crippen LogP contribution in [0.5, 0.6) is 0 Å². The van der Waals surface area contributed by atoms with Gasteiger partial charge in [-0.15, -0.1) is 17.8 Å². The van der Waals surface area contributed by atoms with E-state index < -0.39 is 7.90 Å². The summed E-state index contributed by atoms with van der Waals surface area (Å²) in [5.41, 5.74) is 0. The van der Waals surface area contributed by atoms with Crippen LogP contribution >= 0.6 is 33.7 Å². The molecule has 0 bridgehead atoms. The van der Waals surface area contributed by atoms with Gasteiger partial charge in [0, 0.05) is 0 Å². The Morgan fingerprint density at radius 2 is 3.25 bits per heavy atom. The van der Waals surface area contributed by atoms with Crippen molar-refractivity contribution in [3.63, 3.8) is 0 Å². The van der Waals surface area contributed by atoms with Gasteiger partial charge in [0.1, 0.15) is 0 Å². The predicted molar refractivity (Wildman–Crippen MR) is 36.1 cm³/mol. The van der Waals surface area contributed by atoms with Crippen LogP contribution in [0.1, 0.15) is 0 Å². The number of hydrogen-bond acceptors (Lipinski definition) is 0. The van der Waals surface area contributed by atoms with E-state index in [0.29, 0.717) is 7.96 Å². The molecule has 0 spiro atoms. The van der Waals surface area contributed by atoms with Gasteiger partial charge in [0.25, 0.3) is 0 Å². The average Bonchev–Trinajstić information content (AvgIpc) is 1.65. The summed E-state index contributed by atoms with van der Waals surface area (Å²) in [6, 6.07) is 0. The van der Waals surface area contributed by atoms with Gasteiger partial charge in [-0.1, -0.05) is 15.9 Å². The highest BCUT2D eigenvalue weighted by Crippen LogP contribution is 2.48. The summed E-state index contributed by atoms with van der Waals surface area (Å²) in [6.07, 6.45) is 0. The van der Waals surface area contributed by atoms with Crippen molar-refractivity contribution in [3.05, 3.63) is 0 Å². The zero-order valence-corrected chi connectivity index (χ0v) is 6.07. The largest absolute Gasteiger partial charge is 0.110 e. The molecule has 0 aromatic rings. The first-order valence-corrected chi connectivity index (χ1v) is 6.62. The van der Waals surface area contributed by atoms with Crippen LogP contribution in [0.4, 0.5) is 0 Å². The maximum atomic E-state index is 6.95. The Morgan fingerprint density at radius 3 is 3.25 bits per heavy atom. The van der Waals surface area contributed by atoms with Crippen LogP contribution in [0.15, 0.2) is 0 Å². The lowest BCUT2D eigenvalue weighted by atomic mass is 29.4. The Bertz CT molecular complexity index is 24.7. The molecule has 4 unspecified atom stereocenters. The first-order chi connectivity index (χ1) is 2.81. The van der Waals surface area contributed by atoms with E-state index in [1.165, 1.54) is 0 Å². The van der Waals surface area contributed by atoms with Crippen molar-refractivity contribution < 1.29 is 0 Å². The Balaban J connectivity index is 2.75. The van der Waals surface area contributed by atoms with Crippen molar-refractivity contribution in [2.75, 3.05) is 0 Å². The van der Waals surface area contributed by atoms with Crippen molar-refractivity contribution in [2.45, 2.75) is 0 Å². The molecule has 0 aromatic heterocycles. The summed E-state index contributed by atoms with van der Waals surface area (Å²) >= 11 is 0. The van der Waals surface area contributed by atoms with Gasteiger partial charge in [-0.25, -0.2) is 0 Å². The molecule has 0 aliphatic rings. The number of hydrogen-bond donors (Lipinski definition) is 0. The summed E-state index contributed by atoms with van der Waals surface area (Å²) in [6.45, 7) is 0. The SMILES string of the molecule is [2H]P(P[3H])PP. The van der Waals surface area contributed by atoms with Crippen LogP contribution in [0.2, 0.25) is 0 Å². The third-order valence-electron chi connectivity index (χ3n) is 0.0645. The maximum Gasteiger partial charge on any atom is 0.0671 e. The van der Waals surface area contributed by atoms with E-state index in [-0.39, 0.29) is 8.87 Å². The topological polar surface area (TPSA) is 0 Å². The van der Waals surface area contributed by atoms with Crippen LogP contribution < -0.4 is 0 Å². The monoisotopic (exact) mass is 133 g/mol. The van der Waals surface area contributed by atoms with Gasteiger partial charge in [-0.2, -0.15) is 0 Å². The summed E-state index contributed by atoms with van der Waals surface area (Å²) in [5, 5.41) is 0. The molecular formula is H6P4. The molecule has 0 N–H and O–H groups in total. The van der Waals surface area contributed by atoms with Crippen molar-refractivity contribution in [1.82, 2.24) is 0 Å². The Morgan fingerprint density at radius 1 is 2.50 bits per heavy atom. The molecule has 0 aromatic carbocycles. The molecular weight excluding hydrogens is 124 g/mol. The van der Waals surface area contributed by atoms with Crippen molar-refractivity contribution >= 4 is 33.7 Å². The fraction of sp³-hybridized carbons (Fsp3) is 0. The van der Waals surface area contributed by atoms with Crippen molar-refractivity contribution in [2.24, 2.45) is 0 Å². The van der Waals surface area contributed by atoms with Gasteiger partial charge < -0.3 is 0 Å². The summed E-state index contributed by atoms with van der Waals surface area (Å²) in [7, 11) is 2.56. The van der Waals surface area contributed by atoms with E-state index in [9.17, 15) is 0 Å². The standard InChI is InChI=1S/H6P4/c1-3-4-2/h3-4H,1-2H2/i1T,3D. The van der Waals surface area contributed by atoms with E-state index in [4.69, 9.17) is 2.56 Å². The van der Waals surface area contributed by atoms with E-state index in [1.807, 2.05) is 0 Å². The third kappa shape index (κ3) is 3.72. The lowest BCUT2D eigenvalue weighted by Crippen LogP contribution is -0.756. The molecule has 0 aliphatic carbocycles. The molecule has 0 saturated heterocycles. The van der Waals surface area contributed by atoms with E-state index in [0.717, 1.165) is 0 Å². The van der Waals surface area contributed by atoms with Crippen LogP contribution in [0.25, 0.3) is 0 Å². The molecule has 0 aliphatic heterocycles. The summed E-state index contributed by atoms with van der Waals surface area (Å²) < 4.78 is 13.6. The minimum atomic E-state index is -0.641. The predicted octanol–water partition coefficient (Wildman–Crippen LogP) is 1.84. The van der Waals surface area contributed by atoms with Crippen molar-refractivity contribution in [3.8, 4) is 0 Å². The highest BCUT2D eigenvalue weighted by atomic mass is 32.6. The van der Waals surface area contributed by atoms with Gasteiger partial charge in [0.2, 0.25) is 0 Å². The third-order valence-corrected chi connectivity index (χ3v) is 5.23. The molecule has 0 amide bonds. The van der Waals surface area contributed by atoms with Gasteiger partial charge in [-0.05, 0) is 0 Å². The Hall–Kier alpha value is 1.72. The number of rotatable bonds is 2. The average molecular weight is 133 g/mol. The fourth-order valence-electron chi connectivity index (χ4n) is 0. The first kappa shape index (κ1) is 2.82. The molecule has 4 heteroatoms. The van der Waals surface area contributed by atoms with Gasteiger partial charge in [-0.3, -0.25) is 0 Å². The zero-order valence-electron chi connectivity index (χ0n) is 4.02. The van der Waals surface area contributed by atoms with E-state index in [2.05, 4.69) is 8.93 Å². The molecule has 4 heavy (non-hydrogen) atoms. The maximum absolute atomic E-state index is 6.95. The van der Waals surface area contributed by atoms with Crippen LogP contribution in [0.3, 0.4) is 0 Å². The minimum Gasteiger partial charge on any atom is -0.110 e.